The zero-order valence-corrected chi connectivity index (χ0v) is 11.0. The molecular formula is C11H19NO9. The number of carbonyl (C=O) groups is 3. The first-order valence-corrected chi connectivity index (χ1v) is 6.02. The average molecular weight is 309 g/mol. The van der Waals surface area contributed by atoms with Gasteiger partial charge in [0.2, 0.25) is 0 Å². The number of rotatable bonds is 10. The van der Waals surface area contributed by atoms with Crippen LogP contribution in [-0.4, -0.2) is 80.8 Å². The minimum atomic E-state index is -1.94. The van der Waals surface area contributed by atoms with Crippen molar-refractivity contribution in [3.05, 3.63) is 0 Å². The maximum absolute atomic E-state index is 11.4. The number of hydrogen-bond acceptors (Lipinski definition) is 9. The number of aliphatic hydroxyl groups is 4. The highest BCUT2D eigenvalue weighted by Gasteiger charge is 2.33. The van der Waals surface area contributed by atoms with Crippen LogP contribution in [0.25, 0.3) is 0 Å². The third-order valence-corrected chi connectivity index (χ3v) is 2.65. The Morgan fingerprint density at radius 2 is 1.76 bits per heavy atom. The van der Waals surface area contributed by atoms with Crippen molar-refractivity contribution in [2.45, 2.75) is 43.3 Å². The van der Waals surface area contributed by atoms with E-state index in [4.69, 9.17) is 21.1 Å². The number of esters is 1. The molecule has 0 saturated carbocycles. The minimum Gasteiger partial charge on any atom is -0.480 e. The molecule has 0 spiro atoms. The molecular weight excluding hydrogens is 290 g/mol. The molecule has 5 atom stereocenters. The van der Waals surface area contributed by atoms with E-state index in [1.54, 1.807) is 0 Å². The van der Waals surface area contributed by atoms with E-state index in [0.29, 0.717) is 0 Å². The molecule has 0 aliphatic heterocycles. The van der Waals surface area contributed by atoms with Gasteiger partial charge in [-0.1, -0.05) is 0 Å². The standard InChI is InChI=1S/C11H19NO9/c12-5(11(19)20)1-2-8(16)21-7(4-14)10(18)9(17)6(15)3-13/h4-7,9-10,13,15,17-18H,1-3,12H2,(H,19,20)/t5-,6-,7+,9-,10-/m0/s1. The summed E-state index contributed by atoms with van der Waals surface area (Å²) in [4.78, 5) is 32.5. The molecule has 0 aliphatic rings. The minimum absolute atomic E-state index is 0.0347. The third kappa shape index (κ3) is 6.60. The van der Waals surface area contributed by atoms with Gasteiger partial charge in [0.05, 0.1) is 6.61 Å². The predicted molar refractivity (Wildman–Crippen MR) is 65.9 cm³/mol. The highest BCUT2D eigenvalue weighted by molar-refractivity contribution is 5.76. The molecule has 10 heteroatoms. The maximum Gasteiger partial charge on any atom is 0.320 e. The van der Waals surface area contributed by atoms with Gasteiger partial charge in [0.1, 0.15) is 24.4 Å². The fourth-order valence-corrected chi connectivity index (χ4v) is 1.32. The second kappa shape index (κ2) is 9.37. The lowest BCUT2D eigenvalue weighted by atomic mass is 10.0. The van der Waals surface area contributed by atoms with Crippen LogP contribution < -0.4 is 5.73 Å². The van der Waals surface area contributed by atoms with Crippen LogP contribution in [0.4, 0.5) is 0 Å². The van der Waals surface area contributed by atoms with Crippen LogP contribution in [0, 0.1) is 0 Å². The molecule has 0 heterocycles. The van der Waals surface area contributed by atoms with Crippen molar-refractivity contribution in [1.82, 2.24) is 0 Å². The van der Waals surface area contributed by atoms with Crippen molar-refractivity contribution in [3.8, 4) is 0 Å². The Morgan fingerprint density at radius 1 is 1.19 bits per heavy atom. The molecule has 0 aromatic carbocycles. The summed E-state index contributed by atoms with van der Waals surface area (Å²) in [6.45, 7) is -0.870. The van der Waals surface area contributed by atoms with Crippen molar-refractivity contribution in [2.75, 3.05) is 6.61 Å². The number of carbonyl (C=O) groups excluding carboxylic acids is 2. The summed E-state index contributed by atoms with van der Waals surface area (Å²) in [6.07, 6.45) is -7.95. The second-order valence-corrected chi connectivity index (χ2v) is 4.31. The van der Waals surface area contributed by atoms with Gasteiger partial charge in [-0.25, -0.2) is 0 Å². The van der Waals surface area contributed by atoms with Gasteiger partial charge >= 0.3 is 11.9 Å². The molecule has 0 amide bonds. The van der Waals surface area contributed by atoms with Crippen LogP contribution in [0.5, 0.6) is 0 Å². The summed E-state index contributed by atoms with van der Waals surface area (Å²) in [5, 5.41) is 45.2. The lowest BCUT2D eigenvalue weighted by Gasteiger charge is -2.25. The summed E-state index contributed by atoms with van der Waals surface area (Å²) in [5.74, 6) is -2.31. The molecule has 0 radical (unpaired) electrons. The van der Waals surface area contributed by atoms with Crippen LogP contribution >= 0.6 is 0 Å². The van der Waals surface area contributed by atoms with E-state index >= 15 is 0 Å². The smallest absolute Gasteiger partial charge is 0.320 e. The number of aliphatic hydroxyl groups excluding tert-OH is 4. The lowest BCUT2D eigenvalue weighted by molar-refractivity contribution is -0.168. The molecule has 122 valence electrons. The fourth-order valence-electron chi connectivity index (χ4n) is 1.32. The number of aliphatic carboxylic acids is 1. The highest BCUT2D eigenvalue weighted by atomic mass is 16.6. The van der Waals surface area contributed by atoms with Gasteiger partial charge < -0.3 is 36.0 Å². The number of carboxylic acid groups (broad SMARTS) is 1. The topological polar surface area (TPSA) is 188 Å². The maximum atomic E-state index is 11.4. The van der Waals surface area contributed by atoms with Gasteiger partial charge in [0.25, 0.3) is 0 Å². The fraction of sp³-hybridized carbons (Fsp3) is 0.727. The Balaban J connectivity index is 4.45. The summed E-state index contributed by atoms with van der Waals surface area (Å²) >= 11 is 0. The van der Waals surface area contributed by atoms with Crippen molar-refractivity contribution in [2.24, 2.45) is 5.73 Å². The Labute approximate surface area is 119 Å². The molecule has 0 unspecified atom stereocenters. The van der Waals surface area contributed by atoms with E-state index < -0.39 is 55.4 Å². The van der Waals surface area contributed by atoms with Gasteiger partial charge in [-0.3, -0.25) is 14.4 Å². The van der Waals surface area contributed by atoms with E-state index in [2.05, 4.69) is 4.74 Å². The molecule has 7 N–H and O–H groups in total. The van der Waals surface area contributed by atoms with E-state index in [1.165, 1.54) is 0 Å². The van der Waals surface area contributed by atoms with Crippen LogP contribution in [0.1, 0.15) is 12.8 Å². The quantitative estimate of drug-likeness (QED) is 0.173. The summed E-state index contributed by atoms with van der Waals surface area (Å²) in [6, 6.07) is -1.28. The molecule has 0 fully saturated rings. The molecule has 0 bridgehead atoms. The largest absolute Gasteiger partial charge is 0.480 e. The third-order valence-electron chi connectivity index (χ3n) is 2.65. The van der Waals surface area contributed by atoms with E-state index in [1.807, 2.05) is 0 Å². The summed E-state index contributed by atoms with van der Waals surface area (Å²) in [5.41, 5.74) is 5.17. The van der Waals surface area contributed by atoms with E-state index in [-0.39, 0.29) is 12.7 Å². The van der Waals surface area contributed by atoms with E-state index in [9.17, 15) is 24.6 Å². The zero-order valence-electron chi connectivity index (χ0n) is 11.0. The first-order valence-electron chi connectivity index (χ1n) is 6.02. The van der Waals surface area contributed by atoms with Crippen molar-refractivity contribution in [1.29, 1.82) is 0 Å². The molecule has 0 aromatic rings. The molecule has 21 heavy (non-hydrogen) atoms. The van der Waals surface area contributed by atoms with Gasteiger partial charge in [-0.15, -0.1) is 0 Å². The highest BCUT2D eigenvalue weighted by Crippen LogP contribution is 2.09. The van der Waals surface area contributed by atoms with E-state index in [0.717, 1.165) is 0 Å². The average Bonchev–Trinajstić information content (AvgIpc) is 2.47. The van der Waals surface area contributed by atoms with Crippen LogP contribution in [0.2, 0.25) is 0 Å². The summed E-state index contributed by atoms with van der Waals surface area (Å²) in [7, 11) is 0. The first kappa shape index (κ1) is 19.4. The number of ether oxygens (including phenoxy) is 1. The van der Waals surface area contributed by atoms with Gasteiger partial charge in [0.15, 0.2) is 12.4 Å². The van der Waals surface area contributed by atoms with Crippen molar-refractivity contribution >= 4 is 18.2 Å². The van der Waals surface area contributed by atoms with Gasteiger partial charge in [-0.2, -0.15) is 0 Å². The zero-order chi connectivity index (χ0) is 16.6. The number of nitrogens with two attached hydrogens (primary N) is 1. The van der Waals surface area contributed by atoms with Gasteiger partial charge in [0, 0.05) is 6.42 Å². The molecule has 10 nitrogen and oxygen atoms in total. The number of carboxylic acids is 1. The Morgan fingerprint density at radius 3 is 2.19 bits per heavy atom. The van der Waals surface area contributed by atoms with Gasteiger partial charge in [-0.05, 0) is 6.42 Å². The Kier molecular flexibility index (Phi) is 8.66. The molecule has 0 saturated heterocycles. The first-order chi connectivity index (χ1) is 9.74. The van der Waals surface area contributed by atoms with Crippen LogP contribution in [-0.2, 0) is 19.1 Å². The lowest BCUT2D eigenvalue weighted by Crippen LogP contribution is -2.48. The van der Waals surface area contributed by atoms with Crippen molar-refractivity contribution < 1.29 is 44.7 Å². The number of hydrogen-bond donors (Lipinski definition) is 6. The Bertz CT molecular complexity index is 362. The second-order valence-electron chi connectivity index (χ2n) is 4.31. The SMILES string of the molecule is N[C@@H](CCC(=O)O[C@H](C=O)[C@H](O)[C@@H](O)[C@@H](O)CO)C(=O)O. The molecule has 0 aliphatic carbocycles. The molecule has 0 rings (SSSR count). The monoisotopic (exact) mass is 309 g/mol. The normalized spacial score (nSPS) is 18.1. The van der Waals surface area contributed by atoms with Crippen molar-refractivity contribution in [3.63, 3.8) is 0 Å². The molecule has 0 aromatic heterocycles. The Hall–Kier alpha value is -1.59. The van der Waals surface area contributed by atoms with Crippen LogP contribution in [0.3, 0.4) is 0 Å². The summed E-state index contributed by atoms with van der Waals surface area (Å²) < 4.78 is 4.55. The number of aldehydes is 1. The predicted octanol–water partition coefficient (Wildman–Crippen LogP) is -3.64. The van der Waals surface area contributed by atoms with Crippen LogP contribution in [0.15, 0.2) is 0 Å².